The van der Waals surface area contributed by atoms with Crippen molar-refractivity contribution < 1.29 is 14.0 Å². The summed E-state index contributed by atoms with van der Waals surface area (Å²) in [5.41, 5.74) is 1.72. The Hall–Kier alpha value is -3.42. The summed E-state index contributed by atoms with van der Waals surface area (Å²) in [7, 11) is 0. The number of hydrogen-bond acceptors (Lipinski definition) is 7. The molecule has 0 unspecified atom stereocenters. The van der Waals surface area contributed by atoms with Crippen LogP contribution >= 0.6 is 22.7 Å². The van der Waals surface area contributed by atoms with E-state index in [0.29, 0.717) is 27.4 Å². The van der Waals surface area contributed by atoms with Crippen LogP contribution in [-0.4, -0.2) is 21.5 Å². The number of ketones is 2. The van der Waals surface area contributed by atoms with E-state index in [-0.39, 0.29) is 17.1 Å². The van der Waals surface area contributed by atoms with E-state index in [1.165, 1.54) is 22.7 Å². The largest absolute Gasteiger partial charge is 0.433 e. The molecular formula is C22H10N2O3S2. The van der Waals surface area contributed by atoms with E-state index < -0.39 is 0 Å². The van der Waals surface area contributed by atoms with E-state index in [9.17, 15) is 9.59 Å². The third kappa shape index (κ3) is 2.52. The highest BCUT2D eigenvalue weighted by Crippen LogP contribution is 2.35. The Morgan fingerprint density at radius 3 is 2.31 bits per heavy atom. The number of thiazole rings is 1. The number of Topliss-reactive ketones (excluding diaryl/α,β-unsaturated/α-hetero) is 2. The van der Waals surface area contributed by atoms with Crippen molar-refractivity contribution in [2.24, 2.45) is 0 Å². The van der Waals surface area contributed by atoms with E-state index in [1.54, 1.807) is 30.5 Å². The van der Waals surface area contributed by atoms with Crippen LogP contribution in [0.15, 0.2) is 64.0 Å². The van der Waals surface area contributed by atoms with Crippen molar-refractivity contribution in [2.75, 3.05) is 0 Å². The summed E-state index contributed by atoms with van der Waals surface area (Å²) in [5.74, 6) is 0.00183. The SMILES string of the molecule is O=C1C(=Cc2cc3oc(-c4nccs4)nc3s2)C(=O)c2cc3ccccc3cc21. The molecule has 3 aromatic heterocycles. The van der Waals surface area contributed by atoms with Crippen molar-refractivity contribution >= 4 is 61.5 Å². The average molecular weight is 414 g/mol. The van der Waals surface area contributed by atoms with Crippen molar-refractivity contribution in [3.63, 3.8) is 0 Å². The Morgan fingerprint density at radius 1 is 0.966 bits per heavy atom. The first-order chi connectivity index (χ1) is 14.2. The van der Waals surface area contributed by atoms with Gasteiger partial charge in [0.2, 0.25) is 0 Å². The lowest BCUT2D eigenvalue weighted by Gasteiger charge is -2.00. The van der Waals surface area contributed by atoms with Crippen molar-refractivity contribution in [1.29, 1.82) is 0 Å². The van der Waals surface area contributed by atoms with Gasteiger partial charge in [0.15, 0.2) is 27.0 Å². The zero-order valence-corrected chi connectivity index (χ0v) is 16.3. The molecular weight excluding hydrogens is 404 g/mol. The molecule has 0 spiro atoms. The number of hydrogen-bond donors (Lipinski definition) is 0. The van der Waals surface area contributed by atoms with Gasteiger partial charge in [-0.15, -0.1) is 22.7 Å². The van der Waals surface area contributed by atoms with Crippen LogP contribution in [0.3, 0.4) is 0 Å². The van der Waals surface area contributed by atoms with Gasteiger partial charge in [0.25, 0.3) is 5.89 Å². The van der Waals surface area contributed by atoms with Gasteiger partial charge in [-0.1, -0.05) is 24.3 Å². The lowest BCUT2D eigenvalue weighted by molar-refractivity contribution is 0.0990. The van der Waals surface area contributed by atoms with E-state index in [4.69, 9.17) is 4.42 Å². The number of allylic oxidation sites excluding steroid dienone is 1. The highest BCUT2D eigenvalue weighted by atomic mass is 32.1. The van der Waals surface area contributed by atoms with Gasteiger partial charge in [0.1, 0.15) is 0 Å². The second-order valence-corrected chi connectivity index (χ2v) is 8.59. The smallest absolute Gasteiger partial charge is 0.257 e. The molecule has 0 fully saturated rings. The predicted molar refractivity (Wildman–Crippen MR) is 114 cm³/mol. The summed E-state index contributed by atoms with van der Waals surface area (Å²) in [6.07, 6.45) is 3.34. The van der Waals surface area contributed by atoms with E-state index >= 15 is 0 Å². The van der Waals surface area contributed by atoms with Gasteiger partial charge in [-0.3, -0.25) is 9.59 Å². The number of carbonyl (C=O) groups excluding carboxylic acids is 2. The first kappa shape index (κ1) is 16.5. The maximum absolute atomic E-state index is 12.9. The molecule has 0 radical (unpaired) electrons. The number of aromatic nitrogens is 2. The second-order valence-electron chi connectivity index (χ2n) is 6.64. The molecule has 29 heavy (non-hydrogen) atoms. The molecule has 7 heteroatoms. The number of fused-ring (bicyclic) bond motifs is 3. The summed E-state index contributed by atoms with van der Waals surface area (Å²) in [5, 5.41) is 4.47. The quantitative estimate of drug-likeness (QED) is 0.276. The summed E-state index contributed by atoms with van der Waals surface area (Å²) in [6, 6.07) is 13.1. The number of carbonyl (C=O) groups is 2. The van der Waals surface area contributed by atoms with Crippen molar-refractivity contribution in [3.8, 4) is 10.9 Å². The van der Waals surface area contributed by atoms with Gasteiger partial charge < -0.3 is 4.42 Å². The highest BCUT2D eigenvalue weighted by Gasteiger charge is 2.33. The molecule has 0 bridgehead atoms. The standard InChI is InChI=1S/C22H10N2O3S2/c25-18-14-7-11-3-1-2-4-12(11)8-15(14)19(26)16(18)9-13-10-17-21(29-13)24-20(27-17)22-23-5-6-28-22/h1-10H. The van der Waals surface area contributed by atoms with Crippen LogP contribution in [0.1, 0.15) is 25.6 Å². The van der Waals surface area contributed by atoms with Crippen LogP contribution in [0.2, 0.25) is 0 Å². The number of benzene rings is 2. The third-order valence-electron chi connectivity index (χ3n) is 4.87. The summed E-state index contributed by atoms with van der Waals surface area (Å²) in [4.78, 5) is 35.9. The van der Waals surface area contributed by atoms with Crippen molar-refractivity contribution in [1.82, 2.24) is 9.97 Å². The first-order valence-corrected chi connectivity index (χ1v) is 10.5. The number of oxazole rings is 1. The Balaban J connectivity index is 1.41. The van der Waals surface area contributed by atoms with Gasteiger partial charge in [0.05, 0.1) is 5.57 Å². The minimum atomic E-state index is -0.239. The zero-order valence-electron chi connectivity index (χ0n) is 14.7. The molecule has 1 aliphatic rings. The molecule has 0 N–H and O–H groups in total. The third-order valence-corrected chi connectivity index (χ3v) is 6.59. The van der Waals surface area contributed by atoms with Gasteiger partial charge in [-0.05, 0) is 29.0 Å². The lowest BCUT2D eigenvalue weighted by Crippen LogP contribution is -1.99. The van der Waals surface area contributed by atoms with Gasteiger partial charge >= 0.3 is 0 Å². The molecule has 5 nitrogen and oxygen atoms in total. The first-order valence-electron chi connectivity index (χ1n) is 8.81. The molecule has 0 aliphatic heterocycles. The fourth-order valence-electron chi connectivity index (χ4n) is 3.53. The van der Waals surface area contributed by atoms with Crippen molar-refractivity contribution in [2.45, 2.75) is 0 Å². The van der Waals surface area contributed by atoms with Crippen LogP contribution in [-0.2, 0) is 0 Å². The number of rotatable bonds is 2. The predicted octanol–water partition coefficient (Wildman–Crippen LogP) is 5.63. The Morgan fingerprint density at radius 2 is 1.69 bits per heavy atom. The Labute approximate surface area is 172 Å². The van der Waals surface area contributed by atoms with Crippen molar-refractivity contribution in [3.05, 3.63) is 75.6 Å². The van der Waals surface area contributed by atoms with Gasteiger partial charge in [-0.25, -0.2) is 4.98 Å². The maximum atomic E-state index is 12.9. The molecule has 2 aromatic carbocycles. The molecule has 1 aliphatic carbocycles. The van der Waals surface area contributed by atoms with Crippen LogP contribution in [0.4, 0.5) is 0 Å². The number of nitrogens with zero attached hydrogens (tertiary/aromatic N) is 2. The van der Waals surface area contributed by atoms with E-state index in [2.05, 4.69) is 9.97 Å². The highest BCUT2D eigenvalue weighted by molar-refractivity contribution is 7.19. The molecule has 0 atom stereocenters. The molecule has 0 saturated heterocycles. The molecule has 0 saturated carbocycles. The van der Waals surface area contributed by atoms with Crippen LogP contribution in [0.5, 0.6) is 0 Å². The normalized spacial score (nSPS) is 13.6. The molecule has 5 aromatic rings. The van der Waals surface area contributed by atoms with Crippen LogP contribution in [0.25, 0.3) is 38.2 Å². The maximum Gasteiger partial charge on any atom is 0.257 e. The topological polar surface area (TPSA) is 73.1 Å². The van der Waals surface area contributed by atoms with Crippen LogP contribution in [0, 0.1) is 0 Å². The average Bonchev–Trinajstić information content (AvgIpc) is 3.48. The minimum absolute atomic E-state index is 0.180. The lowest BCUT2D eigenvalue weighted by atomic mass is 10.0. The monoisotopic (exact) mass is 414 g/mol. The van der Waals surface area contributed by atoms with Gasteiger partial charge in [0, 0.05) is 33.6 Å². The summed E-state index contributed by atoms with van der Waals surface area (Å²) in [6.45, 7) is 0. The van der Waals surface area contributed by atoms with E-state index in [0.717, 1.165) is 20.7 Å². The second kappa shape index (κ2) is 6.04. The summed E-state index contributed by atoms with van der Waals surface area (Å²) < 4.78 is 5.77. The Kier molecular flexibility index (Phi) is 3.44. The molecule has 138 valence electrons. The van der Waals surface area contributed by atoms with Crippen LogP contribution < -0.4 is 0 Å². The minimum Gasteiger partial charge on any atom is -0.433 e. The number of thiophene rings is 1. The zero-order chi connectivity index (χ0) is 19.5. The van der Waals surface area contributed by atoms with Gasteiger partial charge in [-0.2, -0.15) is 4.98 Å². The van der Waals surface area contributed by atoms with E-state index in [1.807, 2.05) is 29.6 Å². The molecule has 3 heterocycles. The Bertz CT molecular complexity index is 1400. The molecule has 6 rings (SSSR count). The fraction of sp³-hybridized carbons (Fsp3) is 0. The summed E-state index contributed by atoms with van der Waals surface area (Å²) >= 11 is 2.83. The molecule has 0 amide bonds. The fourth-order valence-corrected chi connectivity index (χ4v) is 4.98.